The van der Waals surface area contributed by atoms with E-state index < -0.39 is 37.4 Å². The Hall–Kier alpha value is 0.800. The molecule has 0 radical (unpaired) electrons. The van der Waals surface area contributed by atoms with Crippen molar-refractivity contribution in [3.8, 4) is 0 Å². The summed E-state index contributed by atoms with van der Waals surface area (Å²) in [5.41, 5.74) is 0. The van der Waals surface area contributed by atoms with Crippen LogP contribution in [-0.2, 0) is 42.6 Å². The van der Waals surface area contributed by atoms with Gasteiger partial charge in [-0.15, -0.1) is 46.4 Å². The third kappa shape index (κ3) is 6.08. The summed E-state index contributed by atoms with van der Waals surface area (Å²) in [6.07, 6.45) is -5.89. The minimum atomic E-state index is -0.809. The fourth-order valence-corrected chi connectivity index (χ4v) is 4.24. The fourth-order valence-electron chi connectivity index (χ4n) is 3.59. The zero-order valence-electron chi connectivity index (χ0n) is 16.6. The standard InChI is InChI=1S/C18H26Cl4O9/c19-1-9-5-23-15(27-9)13(16-24-6-10(2-20)28-16)31-14(17-25-7-11(3-21)29-17)18-26-8-12(4-22)30-18/h9-18H,1-8H2. The average Bonchev–Trinajstić information content (AvgIpc) is 3.61. The Labute approximate surface area is 200 Å². The van der Waals surface area contributed by atoms with Crippen LogP contribution in [0.2, 0.25) is 0 Å². The second-order valence-corrected chi connectivity index (χ2v) is 8.76. The Bertz CT molecular complexity index is 474. The smallest absolute Gasteiger partial charge is 0.189 e. The molecule has 4 fully saturated rings. The summed E-state index contributed by atoms with van der Waals surface area (Å²) in [6, 6.07) is 0. The van der Waals surface area contributed by atoms with E-state index in [1.165, 1.54) is 0 Å². The van der Waals surface area contributed by atoms with E-state index in [0.717, 1.165) is 0 Å². The number of hydrogen-bond acceptors (Lipinski definition) is 9. The van der Waals surface area contributed by atoms with E-state index in [1.807, 2.05) is 0 Å². The van der Waals surface area contributed by atoms with Crippen LogP contribution in [0.5, 0.6) is 0 Å². The van der Waals surface area contributed by atoms with Gasteiger partial charge in [0.05, 0.1) is 74.4 Å². The summed E-state index contributed by atoms with van der Waals surface area (Å²) < 4.78 is 53.1. The molecule has 13 heteroatoms. The highest BCUT2D eigenvalue weighted by Gasteiger charge is 2.49. The third-order valence-corrected chi connectivity index (χ3v) is 6.54. The van der Waals surface area contributed by atoms with E-state index in [0.29, 0.717) is 26.4 Å². The van der Waals surface area contributed by atoms with E-state index in [4.69, 9.17) is 89.0 Å². The number of halogens is 4. The van der Waals surface area contributed by atoms with Crippen molar-refractivity contribution in [1.29, 1.82) is 0 Å². The monoisotopic (exact) mass is 526 g/mol. The van der Waals surface area contributed by atoms with Crippen molar-refractivity contribution >= 4 is 46.4 Å². The maximum Gasteiger partial charge on any atom is 0.189 e. The first-order chi connectivity index (χ1) is 15.1. The van der Waals surface area contributed by atoms with Gasteiger partial charge in [0, 0.05) is 0 Å². The van der Waals surface area contributed by atoms with Gasteiger partial charge in [-0.1, -0.05) is 0 Å². The first-order valence-corrected chi connectivity index (χ1v) is 12.3. The maximum atomic E-state index is 6.39. The topological polar surface area (TPSA) is 83.1 Å². The summed E-state index contributed by atoms with van der Waals surface area (Å²) in [4.78, 5) is 0. The quantitative estimate of drug-likeness (QED) is 0.394. The fraction of sp³-hybridized carbons (Fsp3) is 1.00. The van der Waals surface area contributed by atoms with Crippen molar-refractivity contribution in [2.45, 2.75) is 61.8 Å². The van der Waals surface area contributed by atoms with Crippen LogP contribution >= 0.6 is 46.4 Å². The number of rotatable bonds is 10. The van der Waals surface area contributed by atoms with Gasteiger partial charge in [0.1, 0.15) is 0 Å². The molecule has 0 saturated carbocycles. The lowest BCUT2D eigenvalue weighted by molar-refractivity contribution is -0.300. The average molecular weight is 528 g/mol. The molecule has 0 aromatic carbocycles. The van der Waals surface area contributed by atoms with Gasteiger partial charge < -0.3 is 42.6 Å². The Kier molecular flexibility index (Phi) is 9.62. The van der Waals surface area contributed by atoms with Crippen molar-refractivity contribution in [3.05, 3.63) is 0 Å². The van der Waals surface area contributed by atoms with E-state index >= 15 is 0 Å². The summed E-state index contributed by atoms with van der Waals surface area (Å²) >= 11 is 23.7. The molecule has 4 aliphatic rings. The van der Waals surface area contributed by atoms with Crippen LogP contribution in [0.4, 0.5) is 0 Å². The molecule has 0 spiro atoms. The lowest BCUT2D eigenvalue weighted by Crippen LogP contribution is -2.51. The molecule has 8 unspecified atom stereocenters. The predicted molar refractivity (Wildman–Crippen MR) is 110 cm³/mol. The van der Waals surface area contributed by atoms with Gasteiger partial charge in [0.15, 0.2) is 37.4 Å². The Balaban J connectivity index is 1.51. The van der Waals surface area contributed by atoms with Crippen molar-refractivity contribution < 1.29 is 42.6 Å². The zero-order valence-corrected chi connectivity index (χ0v) is 19.6. The highest BCUT2D eigenvalue weighted by atomic mass is 35.5. The van der Waals surface area contributed by atoms with Gasteiger partial charge in [-0.25, -0.2) is 0 Å². The number of ether oxygens (including phenoxy) is 9. The van der Waals surface area contributed by atoms with Gasteiger partial charge in [0.2, 0.25) is 0 Å². The molecule has 4 heterocycles. The molecule has 0 N–H and O–H groups in total. The van der Waals surface area contributed by atoms with Crippen LogP contribution in [0, 0.1) is 0 Å². The van der Waals surface area contributed by atoms with Crippen LogP contribution in [0.15, 0.2) is 0 Å². The van der Waals surface area contributed by atoms with Crippen LogP contribution in [0.25, 0.3) is 0 Å². The van der Waals surface area contributed by atoms with Gasteiger partial charge in [-0.3, -0.25) is 0 Å². The minimum absolute atomic E-state index is 0.277. The molecular formula is C18H26Cl4O9. The largest absolute Gasteiger partial charge is 0.354 e. The van der Waals surface area contributed by atoms with E-state index in [-0.39, 0.29) is 47.9 Å². The highest BCUT2D eigenvalue weighted by Crippen LogP contribution is 2.32. The number of hydrogen-bond donors (Lipinski definition) is 0. The summed E-state index contributed by atoms with van der Waals surface area (Å²) in [7, 11) is 0. The second-order valence-electron chi connectivity index (χ2n) is 7.52. The zero-order chi connectivity index (χ0) is 21.8. The van der Waals surface area contributed by atoms with Crippen molar-refractivity contribution in [2.75, 3.05) is 49.9 Å². The minimum Gasteiger partial charge on any atom is -0.354 e. The molecule has 0 aromatic rings. The molecule has 9 nitrogen and oxygen atoms in total. The van der Waals surface area contributed by atoms with Gasteiger partial charge in [0.25, 0.3) is 0 Å². The Morgan fingerprint density at radius 3 is 0.968 bits per heavy atom. The lowest BCUT2D eigenvalue weighted by Gasteiger charge is -2.34. The van der Waals surface area contributed by atoms with E-state index in [1.54, 1.807) is 0 Å². The van der Waals surface area contributed by atoms with Crippen molar-refractivity contribution in [1.82, 2.24) is 0 Å². The van der Waals surface area contributed by atoms with E-state index in [2.05, 4.69) is 0 Å². The van der Waals surface area contributed by atoms with Crippen LogP contribution in [0.1, 0.15) is 0 Å². The summed E-state index contributed by atoms with van der Waals surface area (Å²) in [5.74, 6) is 1.12. The molecule has 0 aliphatic carbocycles. The number of alkyl halides is 4. The molecule has 0 amide bonds. The first kappa shape index (κ1) is 24.9. The predicted octanol–water partition coefficient (Wildman–Crippen LogP) is 1.66. The first-order valence-electron chi connectivity index (χ1n) is 10.1. The maximum absolute atomic E-state index is 6.39. The molecule has 4 rings (SSSR count). The van der Waals surface area contributed by atoms with Gasteiger partial charge in [-0.05, 0) is 0 Å². The molecule has 0 aromatic heterocycles. The molecule has 4 aliphatic heterocycles. The molecule has 180 valence electrons. The van der Waals surface area contributed by atoms with Crippen molar-refractivity contribution in [3.63, 3.8) is 0 Å². The molecule has 4 saturated heterocycles. The SMILES string of the molecule is ClCC1COC(C(OC(C2OCC(CCl)O2)C2OCC(CCl)O2)C2OCC(CCl)O2)O1. The third-order valence-electron chi connectivity index (χ3n) is 5.17. The highest BCUT2D eigenvalue weighted by molar-refractivity contribution is 6.18. The molecule has 31 heavy (non-hydrogen) atoms. The molecular weight excluding hydrogens is 502 g/mol. The Morgan fingerprint density at radius 1 is 0.516 bits per heavy atom. The van der Waals surface area contributed by atoms with Gasteiger partial charge >= 0.3 is 0 Å². The van der Waals surface area contributed by atoms with Crippen LogP contribution in [-0.4, -0.2) is 112 Å². The molecule has 8 atom stereocenters. The van der Waals surface area contributed by atoms with Crippen LogP contribution < -0.4 is 0 Å². The normalized spacial score (nSPS) is 43.0. The molecule has 0 bridgehead atoms. The summed E-state index contributed by atoms with van der Waals surface area (Å²) in [5, 5.41) is 0. The Morgan fingerprint density at radius 2 is 0.774 bits per heavy atom. The van der Waals surface area contributed by atoms with Crippen molar-refractivity contribution in [2.24, 2.45) is 0 Å². The summed E-state index contributed by atoms with van der Waals surface area (Å²) in [6.45, 7) is 1.28. The van der Waals surface area contributed by atoms with Gasteiger partial charge in [-0.2, -0.15) is 0 Å². The second kappa shape index (κ2) is 12.0. The lowest BCUT2D eigenvalue weighted by atomic mass is 10.2. The van der Waals surface area contributed by atoms with Crippen LogP contribution in [0.3, 0.4) is 0 Å². The van der Waals surface area contributed by atoms with E-state index in [9.17, 15) is 0 Å².